The lowest BCUT2D eigenvalue weighted by atomic mass is 9.38. The van der Waals surface area contributed by atoms with E-state index >= 15 is 0 Å². The number of rotatable bonds is 17. The van der Waals surface area contributed by atoms with E-state index in [0.29, 0.717) is 32.1 Å². The van der Waals surface area contributed by atoms with Gasteiger partial charge in [0.25, 0.3) is 0 Å². The zero-order valence-electron chi connectivity index (χ0n) is 46.1. The van der Waals surface area contributed by atoms with E-state index in [1.165, 1.54) is 13.8 Å². The van der Waals surface area contributed by atoms with Gasteiger partial charge in [-0.3, -0.25) is 0 Å². The quantitative estimate of drug-likeness (QED) is 0.0637. The molecule has 78 heavy (non-hydrogen) atoms. The van der Waals surface area contributed by atoms with Crippen molar-refractivity contribution in [1.29, 1.82) is 0 Å². The molecule has 0 aromatic heterocycles. The van der Waals surface area contributed by atoms with E-state index in [-0.39, 0.29) is 40.9 Å². The molecule has 4 aliphatic heterocycles. The zero-order chi connectivity index (χ0) is 57.5. The molecule has 0 radical (unpaired) electrons. The fourth-order valence-electron chi connectivity index (χ4n) is 15.6. The number of ether oxygens (including phenoxy) is 8. The standard InChI is InChI=1S/C54H92O24/c1-22(23-15-16-52(6)30-12-10-24-25(54(30,8)31(58)17-53(23,52)7)11-14-32(50(24,2)3)76-47-43(68)39(64)35(60)27(19-56)73-47)9-13-33(51(4,5)70)77-49-45(78-48-44(69)40(65)36(61)28(20-57)74-48)41(66)37(62)29(75-49)21-71-46-42(67)38(63)34(59)26(18-55)72-46/h10,22-23,25-49,55-70H,9,11-21H2,1-8H3/t22-,23-,25-,26-,27-,28-,29-,30-,31-,32+,33-,34-,35-,36-,37-,38+,39+,40+,41+,42-,43-,44-,45-,46-,47+,48+,49+,52+,53-,54+/m1/s1. The smallest absolute Gasteiger partial charge is 0.187 e. The number of hydrogen-bond donors (Lipinski definition) is 16. The molecule has 0 amide bonds. The minimum atomic E-state index is -1.93. The molecule has 7 fully saturated rings. The second kappa shape index (κ2) is 23.7. The normalized spacial score (nSPS) is 51.4. The molecule has 16 N–H and O–H groups in total. The lowest BCUT2D eigenvalue weighted by molar-refractivity contribution is -0.380. The molecule has 24 heteroatoms. The van der Waals surface area contributed by atoms with Crippen molar-refractivity contribution < 1.29 is 120 Å². The van der Waals surface area contributed by atoms with E-state index in [2.05, 4.69) is 47.6 Å². The first-order chi connectivity index (χ1) is 36.4. The van der Waals surface area contributed by atoms with Gasteiger partial charge in [-0.1, -0.05) is 53.2 Å². The number of aliphatic hydroxyl groups excluding tert-OH is 15. The van der Waals surface area contributed by atoms with Crippen LogP contribution in [-0.4, -0.2) is 255 Å². The maximum Gasteiger partial charge on any atom is 0.187 e. The van der Waals surface area contributed by atoms with Crippen LogP contribution in [0.15, 0.2) is 11.6 Å². The fourth-order valence-corrected chi connectivity index (χ4v) is 15.6. The maximum atomic E-state index is 12.7. The molecule has 30 atom stereocenters. The van der Waals surface area contributed by atoms with Gasteiger partial charge in [-0.25, -0.2) is 0 Å². The summed E-state index contributed by atoms with van der Waals surface area (Å²) in [4.78, 5) is 0. The molecule has 3 saturated carbocycles. The van der Waals surface area contributed by atoms with Crippen molar-refractivity contribution in [3.05, 3.63) is 11.6 Å². The highest BCUT2D eigenvalue weighted by Gasteiger charge is 2.70. The van der Waals surface area contributed by atoms with Gasteiger partial charge >= 0.3 is 0 Å². The predicted octanol–water partition coefficient (Wildman–Crippen LogP) is -3.23. The first kappa shape index (κ1) is 62.8. The Morgan fingerprint density at radius 3 is 1.63 bits per heavy atom. The molecule has 0 aromatic rings. The summed E-state index contributed by atoms with van der Waals surface area (Å²) in [5.41, 5.74) is -2.07. The third-order valence-corrected chi connectivity index (χ3v) is 20.8. The Morgan fingerprint density at radius 2 is 1.09 bits per heavy atom. The van der Waals surface area contributed by atoms with Gasteiger partial charge in [0.1, 0.15) is 97.7 Å². The van der Waals surface area contributed by atoms with E-state index in [1.807, 2.05) is 0 Å². The fraction of sp³-hybridized carbons (Fsp3) is 0.963. The highest BCUT2D eigenvalue weighted by Crippen LogP contribution is 2.75. The van der Waals surface area contributed by atoms with E-state index < -0.39 is 184 Å². The van der Waals surface area contributed by atoms with Crippen LogP contribution in [0.5, 0.6) is 0 Å². The molecule has 0 unspecified atom stereocenters. The molecule has 0 aromatic carbocycles. The first-order valence-corrected chi connectivity index (χ1v) is 28.0. The topological polar surface area (TPSA) is 398 Å². The molecule has 24 nitrogen and oxygen atoms in total. The second-order valence-corrected chi connectivity index (χ2v) is 25.9. The lowest BCUT2D eigenvalue weighted by Gasteiger charge is -2.67. The molecule has 0 bridgehead atoms. The van der Waals surface area contributed by atoms with Crippen LogP contribution in [0.4, 0.5) is 0 Å². The molecule has 4 saturated heterocycles. The minimum absolute atomic E-state index is 0.00555. The Labute approximate surface area is 455 Å². The zero-order valence-corrected chi connectivity index (χ0v) is 46.1. The van der Waals surface area contributed by atoms with E-state index in [1.54, 1.807) is 0 Å². The molecular weight excluding hydrogens is 1030 g/mol. The Bertz CT molecular complexity index is 2020. The molecule has 8 aliphatic rings. The van der Waals surface area contributed by atoms with E-state index in [0.717, 1.165) is 18.4 Å². The van der Waals surface area contributed by atoms with Gasteiger partial charge in [-0.05, 0) is 99.7 Å². The van der Waals surface area contributed by atoms with Gasteiger partial charge in [0, 0.05) is 10.8 Å². The monoisotopic (exact) mass is 1120 g/mol. The highest BCUT2D eigenvalue weighted by molar-refractivity contribution is 5.32. The van der Waals surface area contributed by atoms with Crippen LogP contribution in [0.3, 0.4) is 0 Å². The van der Waals surface area contributed by atoms with Gasteiger partial charge in [0.05, 0.1) is 50.3 Å². The van der Waals surface area contributed by atoms with Crippen molar-refractivity contribution in [2.45, 2.75) is 253 Å². The second-order valence-electron chi connectivity index (χ2n) is 25.9. The summed E-state index contributed by atoms with van der Waals surface area (Å²) in [6.07, 6.45) is -27.6. The van der Waals surface area contributed by atoms with Crippen LogP contribution in [0.2, 0.25) is 0 Å². The van der Waals surface area contributed by atoms with Crippen LogP contribution >= 0.6 is 0 Å². The van der Waals surface area contributed by atoms with Crippen molar-refractivity contribution in [2.24, 2.45) is 45.3 Å². The number of hydrogen-bond acceptors (Lipinski definition) is 24. The third kappa shape index (κ3) is 11.0. The molecule has 4 aliphatic carbocycles. The van der Waals surface area contributed by atoms with Crippen LogP contribution in [-0.2, 0) is 37.9 Å². The van der Waals surface area contributed by atoms with E-state index in [4.69, 9.17) is 37.9 Å². The van der Waals surface area contributed by atoms with Crippen molar-refractivity contribution >= 4 is 0 Å². The summed E-state index contributed by atoms with van der Waals surface area (Å²) in [7, 11) is 0. The third-order valence-electron chi connectivity index (χ3n) is 20.8. The molecule has 4 heterocycles. The Morgan fingerprint density at radius 1 is 0.590 bits per heavy atom. The van der Waals surface area contributed by atoms with Gasteiger partial charge in [-0.15, -0.1) is 0 Å². The first-order valence-electron chi connectivity index (χ1n) is 28.0. The van der Waals surface area contributed by atoms with Crippen LogP contribution in [0, 0.1) is 45.3 Å². The van der Waals surface area contributed by atoms with Crippen molar-refractivity contribution in [3.63, 3.8) is 0 Å². The Hall–Kier alpha value is -1.22. The Balaban J connectivity index is 0.987. The summed E-state index contributed by atoms with van der Waals surface area (Å²) in [5.74, 6) is 0.223. The summed E-state index contributed by atoms with van der Waals surface area (Å²) < 4.78 is 47.7. The number of fused-ring (bicyclic) bond motifs is 5. The number of allylic oxidation sites excluding steroid dienone is 1. The van der Waals surface area contributed by atoms with Crippen molar-refractivity contribution in [2.75, 3.05) is 26.4 Å². The highest BCUT2D eigenvalue weighted by atomic mass is 16.8. The summed E-state index contributed by atoms with van der Waals surface area (Å²) in [6.45, 7) is 13.5. The van der Waals surface area contributed by atoms with Crippen LogP contribution in [0.1, 0.15) is 107 Å². The summed E-state index contributed by atoms with van der Waals surface area (Å²) >= 11 is 0. The van der Waals surface area contributed by atoms with Crippen LogP contribution < -0.4 is 0 Å². The van der Waals surface area contributed by atoms with Gasteiger partial charge in [0.2, 0.25) is 0 Å². The molecule has 0 spiro atoms. The largest absolute Gasteiger partial charge is 0.394 e. The van der Waals surface area contributed by atoms with Gasteiger partial charge in [0.15, 0.2) is 25.2 Å². The average Bonchev–Trinajstić information content (AvgIpc) is 3.21. The SMILES string of the molecule is C[C@H](CC[C@@H](O[C@@H]1O[C@H](CO[C@@H]2O[C@H](CO)[C@@H](O)[C@H](O)[C@H]2O)[C@@H](O)[C@H](O)[C@H]1O[C@@H]1O[C@H](CO)[C@@H](O)[C@H](O)[C@H]1O)C(C)(C)O)[C@H]1CC[C@@]2(C)[C@H]3CC=C4[C@@H](CC[C@H](O[C@@H]5O[C@H](CO)[C@@H](O)[C@H](O)[C@H]5O)C4(C)C)[C@]3(C)[C@H](O)C[C@]12C. The molecular formula is C54H92O24. The Kier molecular flexibility index (Phi) is 19.1. The summed E-state index contributed by atoms with van der Waals surface area (Å²) in [5, 5.41) is 172. The van der Waals surface area contributed by atoms with Gasteiger partial charge < -0.3 is 120 Å². The van der Waals surface area contributed by atoms with Crippen LogP contribution in [0.25, 0.3) is 0 Å². The van der Waals surface area contributed by atoms with Gasteiger partial charge in [-0.2, -0.15) is 0 Å². The lowest BCUT2D eigenvalue weighted by Crippen LogP contribution is -2.65. The summed E-state index contributed by atoms with van der Waals surface area (Å²) in [6, 6.07) is 0. The maximum absolute atomic E-state index is 12.7. The molecule has 8 rings (SSSR count). The average molecular weight is 1130 g/mol. The molecule has 452 valence electrons. The number of aliphatic hydroxyl groups is 16. The van der Waals surface area contributed by atoms with Crippen molar-refractivity contribution in [1.82, 2.24) is 0 Å². The van der Waals surface area contributed by atoms with E-state index in [9.17, 15) is 81.7 Å². The van der Waals surface area contributed by atoms with Crippen molar-refractivity contribution in [3.8, 4) is 0 Å². The minimum Gasteiger partial charge on any atom is -0.394 e. The predicted molar refractivity (Wildman–Crippen MR) is 268 cm³/mol.